The van der Waals surface area contributed by atoms with E-state index in [1.165, 1.54) is 48.9 Å². The van der Waals surface area contributed by atoms with Crippen LogP contribution in [0.5, 0.6) is 0 Å². The number of rotatable bonds is 4. The number of likely N-dealkylation sites (tertiary alicyclic amines) is 1. The summed E-state index contributed by atoms with van der Waals surface area (Å²) in [5.41, 5.74) is 3.76. The predicted molar refractivity (Wildman–Crippen MR) is 99.1 cm³/mol. The Kier molecular flexibility index (Phi) is 4.74. The Morgan fingerprint density at radius 2 is 2.08 bits per heavy atom. The second kappa shape index (κ2) is 7.31. The van der Waals surface area contributed by atoms with Gasteiger partial charge in [-0.25, -0.2) is 0 Å². The standard InChI is InChI=1S/C20H25N5/c1-24-14-17(12-23-24)15-25-9-2-3-16(6-10-25)11-18-4-8-22-20-5-7-21-13-19(18)20/h4-5,7-8,12-14,16H,2-3,6,9-11,15H2,1H3. The first kappa shape index (κ1) is 16.2. The van der Waals surface area contributed by atoms with Crippen LogP contribution in [0.1, 0.15) is 30.4 Å². The molecule has 1 aliphatic heterocycles. The molecule has 1 aliphatic rings. The SMILES string of the molecule is Cn1cc(CN2CCCC(Cc3ccnc4ccncc34)CC2)cn1. The Hall–Kier alpha value is -2.27. The highest BCUT2D eigenvalue weighted by Crippen LogP contribution is 2.25. The van der Waals surface area contributed by atoms with E-state index in [0.717, 1.165) is 24.4 Å². The molecular weight excluding hydrogens is 310 g/mol. The topological polar surface area (TPSA) is 46.8 Å². The van der Waals surface area contributed by atoms with Gasteiger partial charge in [-0.2, -0.15) is 5.10 Å². The molecule has 130 valence electrons. The van der Waals surface area contributed by atoms with E-state index in [9.17, 15) is 0 Å². The average Bonchev–Trinajstić information content (AvgIpc) is 2.91. The van der Waals surface area contributed by atoms with Crippen molar-refractivity contribution in [2.45, 2.75) is 32.2 Å². The van der Waals surface area contributed by atoms with Gasteiger partial charge in [0.1, 0.15) is 0 Å². The zero-order valence-corrected chi connectivity index (χ0v) is 14.8. The molecule has 1 saturated heterocycles. The van der Waals surface area contributed by atoms with Gasteiger partial charge < -0.3 is 0 Å². The highest BCUT2D eigenvalue weighted by molar-refractivity contribution is 5.80. The van der Waals surface area contributed by atoms with E-state index in [0.29, 0.717) is 0 Å². The Bertz CT molecular complexity index is 835. The largest absolute Gasteiger partial charge is 0.299 e. The van der Waals surface area contributed by atoms with Gasteiger partial charge in [-0.05, 0) is 62.4 Å². The molecule has 1 unspecified atom stereocenters. The molecule has 4 heterocycles. The summed E-state index contributed by atoms with van der Waals surface area (Å²) in [6.45, 7) is 3.37. The summed E-state index contributed by atoms with van der Waals surface area (Å²) in [5.74, 6) is 0.740. The van der Waals surface area contributed by atoms with Crippen LogP contribution in [0.3, 0.4) is 0 Å². The highest BCUT2D eigenvalue weighted by Gasteiger charge is 2.18. The number of hydrogen-bond donors (Lipinski definition) is 0. The summed E-state index contributed by atoms with van der Waals surface area (Å²) < 4.78 is 1.89. The molecule has 1 atom stereocenters. The second-order valence-corrected chi connectivity index (χ2v) is 7.16. The van der Waals surface area contributed by atoms with E-state index in [4.69, 9.17) is 0 Å². The molecule has 0 N–H and O–H groups in total. The first-order chi connectivity index (χ1) is 12.3. The van der Waals surface area contributed by atoms with E-state index < -0.39 is 0 Å². The zero-order chi connectivity index (χ0) is 17.1. The fourth-order valence-corrected chi connectivity index (χ4v) is 3.93. The van der Waals surface area contributed by atoms with Crippen molar-refractivity contribution in [3.05, 3.63) is 54.2 Å². The summed E-state index contributed by atoms with van der Waals surface area (Å²) in [4.78, 5) is 11.3. The van der Waals surface area contributed by atoms with Crippen molar-refractivity contribution in [3.63, 3.8) is 0 Å². The van der Waals surface area contributed by atoms with Crippen LogP contribution in [0.2, 0.25) is 0 Å². The quantitative estimate of drug-likeness (QED) is 0.734. The molecule has 0 amide bonds. The number of hydrogen-bond acceptors (Lipinski definition) is 4. The molecule has 3 aromatic rings. The molecule has 0 saturated carbocycles. The molecule has 4 rings (SSSR count). The summed E-state index contributed by atoms with van der Waals surface area (Å²) in [7, 11) is 1.98. The summed E-state index contributed by atoms with van der Waals surface area (Å²) in [5, 5.41) is 5.49. The summed E-state index contributed by atoms with van der Waals surface area (Å²) >= 11 is 0. The van der Waals surface area contributed by atoms with Gasteiger partial charge in [0.2, 0.25) is 0 Å². The molecule has 25 heavy (non-hydrogen) atoms. The fraction of sp³-hybridized carbons (Fsp3) is 0.450. The Morgan fingerprint density at radius 3 is 2.96 bits per heavy atom. The van der Waals surface area contributed by atoms with Crippen molar-refractivity contribution >= 4 is 10.9 Å². The number of nitrogens with zero attached hydrogens (tertiary/aromatic N) is 5. The zero-order valence-electron chi connectivity index (χ0n) is 14.8. The molecule has 5 heteroatoms. The van der Waals surface area contributed by atoms with Gasteiger partial charge in [0, 0.05) is 49.3 Å². The van der Waals surface area contributed by atoms with E-state index in [1.807, 2.05) is 42.6 Å². The van der Waals surface area contributed by atoms with Crippen molar-refractivity contribution in [3.8, 4) is 0 Å². The highest BCUT2D eigenvalue weighted by atomic mass is 15.2. The van der Waals surface area contributed by atoms with E-state index in [2.05, 4.69) is 32.2 Å². The minimum Gasteiger partial charge on any atom is -0.299 e. The molecule has 0 radical (unpaired) electrons. The molecule has 5 nitrogen and oxygen atoms in total. The van der Waals surface area contributed by atoms with Gasteiger partial charge >= 0.3 is 0 Å². The minimum atomic E-state index is 0.740. The number of fused-ring (bicyclic) bond motifs is 1. The van der Waals surface area contributed by atoms with Crippen molar-refractivity contribution in [1.82, 2.24) is 24.6 Å². The van der Waals surface area contributed by atoms with Crippen molar-refractivity contribution in [1.29, 1.82) is 0 Å². The maximum absolute atomic E-state index is 4.46. The lowest BCUT2D eigenvalue weighted by Crippen LogP contribution is -2.24. The maximum atomic E-state index is 4.46. The number of aryl methyl sites for hydroxylation is 1. The Labute approximate surface area is 148 Å². The monoisotopic (exact) mass is 335 g/mol. The van der Waals surface area contributed by atoms with Gasteiger partial charge in [-0.1, -0.05) is 0 Å². The van der Waals surface area contributed by atoms with Crippen LogP contribution in [-0.4, -0.2) is 37.7 Å². The number of pyridine rings is 2. The van der Waals surface area contributed by atoms with E-state index in [-0.39, 0.29) is 0 Å². The van der Waals surface area contributed by atoms with Gasteiger partial charge in [-0.15, -0.1) is 0 Å². The maximum Gasteiger partial charge on any atom is 0.0735 e. The van der Waals surface area contributed by atoms with Gasteiger partial charge in [0.05, 0.1) is 11.7 Å². The average molecular weight is 335 g/mol. The first-order valence-corrected chi connectivity index (χ1v) is 9.15. The Morgan fingerprint density at radius 1 is 1.12 bits per heavy atom. The fourth-order valence-electron chi connectivity index (χ4n) is 3.93. The van der Waals surface area contributed by atoms with Crippen molar-refractivity contribution in [2.24, 2.45) is 13.0 Å². The lowest BCUT2D eigenvalue weighted by Gasteiger charge is -2.19. The summed E-state index contributed by atoms with van der Waals surface area (Å²) in [6.07, 6.45) is 14.8. The van der Waals surface area contributed by atoms with Crippen LogP contribution < -0.4 is 0 Å². The van der Waals surface area contributed by atoms with E-state index >= 15 is 0 Å². The third kappa shape index (κ3) is 3.87. The van der Waals surface area contributed by atoms with Crippen LogP contribution in [0, 0.1) is 5.92 Å². The first-order valence-electron chi connectivity index (χ1n) is 9.15. The second-order valence-electron chi connectivity index (χ2n) is 7.16. The van der Waals surface area contributed by atoms with Crippen LogP contribution in [0.15, 0.2) is 43.1 Å². The van der Waals surface area contributed by atoms with E-state index in [1.54, 1.807) is 0 Å². The molecule has 0 aliphatic carbocycles. The van der Waals surface area contributed by atoms with Gasteiger partial charge in [0.25, 0.3) is 0 Å². The van der Waals surface area contributed by atoms with Crippen molar-refractivity contribution in [2.75, 3.05) is 13.1 Å². The van der Waals surface area contributed by atoms with Crippen LogP contribution in [-0.2, 0) is 20.0 Å². The lowest BCUT2D eigenvalue weighted by atomic mass is 9.92. The lowest BCUT2D eigenvalue weighted by molar-refractivity contribution is 0.272. The molecule has 0 aromatic carbocycles. The van der Waals surface area contributed by atoms with Crippen LogP contribution in [0.4, 0.5) is 0 Å². The normalized spacial score (nSPS) is 19.2. The molecule has 0 spiro atoms. The number of aromatic nitrogens is 4. The molecule has 1 fully saturated rings. The molecule has 3 aromatic heterocycles. The molecular formula is C20H25N5. The van der Waals surface area contributed by atoms with Crippen LogP contribution >= 0.6 is 0 Å². The third-order valence-electron chi connectivity index (χ3n) is 5.25. The van der Waals surface area contributed by atoms with Gasteiger partial charge in [0.15, 0.2) is 0 Å². The van der Waals surface area contributed by atoms with Crippen LogP contribution in [0.25, 0.3) is 10.9 Å². The Balaban J connectivity index is 1.40. The van der Waals surface area contributed by atoms with Crippen molar-refractivity contribution < 1.29 is 0 Å². The smallest absolute Gasteiger partial charge is 0.0735 e. The van der Waals surface area contributed by atoms with Gasteiger partial charge in [-0.3, -0.25) is 19.5 Å². The molecule has 0 bridgehead atoms. The summed E-state index contributed by atoms with van der Waals surface area (Å²) in [6, 6.07) is 4.17. The predicted octanol–water partition coefficient (Wildman–Crippen LogP) is 3.21. The third-order valence-corrected chi connectivity index (χ3v) is 5.25. The minimum absolute atomic E-state index is 0.740.